The van der Waals surface area contributed by atoms with Crippen molar-refractivity contribution in [2.24, 2.45) is 5.92 Å². The van der Waals surface area contributed by atoms with Gasteiger partial charge in [0.2, 0.25) is 0 Å². The van der Waals surface area contributed by atoms with E-state index in [-0.39, 0.29) is 6.09 Å². The summed E-state index contributed by atoms with van der Waals surface area (Å²) in [5, 5.41) is 3.35. The molecule has 1 aliphatic rings. The van der Waals surface area contributed by atoms with Gasteiger partial charge in [0.1, 0.15) is 0 Å². The molecule has 1 amide bonds. The Balaban J connectivity index is 1.89. The van der Waals surface area contributed by atoms with Crippen LogP contribution in [0.25, 0.3) is 0 Å². The van der Waals surface area contributed by atoms with Crippen molar-refractivity contribution in [3.8, 4) is 0 Å². The van der Waals surface area contributed by atoms with Crippen LogP contribution in [0.5, 0.6) is 0 Å². The van der Waals surface area contributed by atoms with Crippen LogP contribution in [-0.2, 0) is 4.74 Å². The zero-order chi connectivity index (χ0) is 11.6. The lowest BCUT2D eigenvalue weighted by Gasteiger charge is -2.21. The number of carbonyl (C=O) groups is 1. The highest BCUT2D eigenvalue weighted by Crippen LogP contribution is 2.22. The molecule has 0 aliphatic heterocycles. The molecule has 0 spiro atoms. The topological polar surface area (TPSA) is 50.4 Å². The van der Waals surface area contributed by atoms with E-state index in [4.69, 9.17) is 4.74 Å². The van der Waals surface area contributed by atoms with Crippen LogP contribution in [0.4, 0.5) is 4.79 Å². The molecule has 16 heavy (non-hydrogen) atoms. The second-order valence-corrected chi connectivity index (χ2v) is 4.85. The molecule has 0 atom stereocenters. The largest absolute Gasteiger partial charge is 0.449 e. The molecule has 0 aromatic heterocycles. The van der Waals surface area contributed by atoms with Gasteiger partial charge in [-0.3, -0.25) is 4.72 Å². The van der Waals surface area contributed by atoms with Crippen LogP contribution in [0.1, 0.15) is 39.0 Å². The third-order valence-corrected chi connectivity index (χ3v) is 3.42. The lowest BCUT2D eigenvalue weighted by Crippen LogP contribution is -2.27. The molecule has 1 saturated carbocycles. The first-order chi connectivity index (χ1) is 7.83. The third-order valence-electron chi connectivity index (χ3n) is 2.76. The van der Waals surface area contributed by atoms with Crippen LogP contribution in [0.15, 0.2) is 0 Å². The molecule has 5 heteroatoms. The molecule has 0 aromatic carbocycles. The van der Waals surface area contributed by atoms with Gasteiger partial charge in [0.15, 0.2) is 0 Å². The van der Waals surface area contributed by atoms with Gasteiger partial charge in [-0.15, -0.1) is 0 Å². The van der Waals surface area contributed by atoms with E-state index in [2.05, 4.69) is 10.0 Å². The molecular weight excluding hydrogens is 224 g/mol. The minimum atomic E-state index is -0.355. The fourth-order valence-electron chi connectivity index (χ4n) is 1.96. The van der Waals surface area contributed by atoms with Gasteiger partial charge >= 0.3 is 6.09 Å². The Morgan fingerprint density at radius 2 is 2.12 bits per heavy atom. The van der Waals surface area contributed by atoms with Gasteiger partial charge in [-0.05, 0) is 44.2 Å². The summed E-state index contributed by atoms with van der Waals surface area (Å²) in [7, 11) is 0. The van der Waals surface area contributed by atoms with Gasteiger partial charge in [0.25, 0.3) is 0 Å². The number of amides is 1. The number of carbonyl (C=O) groups excluding carboxylic acids is 1. The number of hydrogen-bond donors (Lipinski definition) is 2. The minimum Gasteiger partial charge on any atom is -0.449 e. The monoisotopic (exact) mass is 246 g/mol. The minimum absolute atomic E-state index is 0.355. The fraction of sp³-hybridized carbons (Fsp3) is 0.909. The van der Waals surface area contributed by atoms with Gasteiger partial charge in [-0.25, -0.2) is 4.79 Å². The quantitative estimate of drug-likeness (QED) is 0.429. The van der Waals surface area contributed by atoms with Crippen molar-refractivity contribution in [1.82, 2.24) is 10.0 Å². The average Bonchev–Trinajstić information content (AvgIpc) is 2.30. The van der Waals surface area contributed by atoms with Crippen molar-refractivity contribution in [3.63, 3.8) is 0 Å². The van der Waals surface area contributed by atoms with Crippen LogP contribution in [0, 0.1) is 5.92 Å². The lowest BCUT2D eigenvalue weighted by molar-refractivity contribution is 0.159. The summed E-state index contributed by atoms with van der Waals surface area (Å²) in [6.07, 6.45) is 6.50. The van der Waals surface area contributed by atoms with Crippen molar-refractivity contribution in [2.45, 2.75) is 39.0 Å². The first-order valence-corrected chi connectivity index (χ1v) is 7.06. The molecule has 0 heterocycles. The van der Waals surface area contributed by atoms with Crippen LogP contribution in [0.3, 0.4) is 0 Å². The van der Waals surface area contributed by atoms with Gasteiger partial charge in [0.05, 0.1) is 12.5 Å². The highest BCUT2D eigenvalue weighted by atomic mass is 32.2. The fourth-order valence-corrected chi connectivity index (χ4v) is 2.43. The summed E-state index contributed by atoms with van der Waals surface area (Å²) >= 11 is 1.35. The van der Waals surface area contributed by atoms with E-state index in [1.807, 2.05) is 0 Å². The highest BCUT2D eigenvalue weighted by Gasteiger charge is 2.12. The Bertz CT molecular complexity index is 196. The maximum Gasteiger partial charge on any atom is 0.417 e. The standard InChI is InChI=1S/C11H22N2O2S/c1-2-15-11(14)13-16-9-12-8-10-6-4-3-5-7-10/h10,12H,2-9H2,1H3,(H,13,14). The summed E-state index contributed by atoms with van der Waals surface area (Å²) < 4.78 is 7.35. The summed E-state index contributed by atoms with van der Waals surface area (Å²) in [6, 6.07) is 0. The zero-order valence-corrected chi connectivity index (χ0v) is 10.8. The summed E-state index contributed by atoms with van der Waals surface area (Å²) in [5.74, 6) is 1.58. The SMILES string of the molecule is CCOC(=O)NSCNCC1CCCCC1. The Morgan fingerprint density at radius 1 is 1.38 bits per heavy atom. The van der Waals surface area contributed by atoms with Crippen molar-refractivity contribution in [2.75, 3.05) is 19.0 Å². The molecule has 2 N–H and O–H groups in total. The maximum atomic E-state index is 10.9. The Hall–Kier alpha value is -0.420. The molecule has 1 rings (SSSR count). The van der Waals surface area contributed by atoms with Crippen LogP contribution in [0.2, 0.25) is 0 Å². The summed E-state index contributed by atoms with van der Waals surface area (Å²) in [6.45, 7) is 3.28. The number of hydrogen-bond acceptors (Lipinski definition) is 4. The second kappa shape index (κ2) is 8.70. The van der Waals surface area contributed by atoms with Crippen molar-refractivity contribution in [1.29, 1.82) is 0 Å². The first-order valence-electron chi connectivity index (χ1n) is 6.08. The zero-order valence-electron chi connectivity index (χ0n) is 9.96. The van der Waals surface area contributed by atoms with E-state index in [0.717, 1.165) is 18.3 Å². The van der Waals surface area contributed by atoms with E-state index in [1.54, 1.807) is 6.92 Å². The van der Waals surface area contributed by atoms with Crippen molar-refractivity contribution >= 4 is 18.0 Å². The third kappa shape index (κ3) is 6.23. The van der Waals surface area contributed by atoms with Crippen LogP contribution < -0.4 is 10.0 Å². The Labute approximate surface area is 102 Å². The predicted octanol–water partition coefficient (Wildman–Crippen LogP) is 2.51. The van der Waals surface area contributed by atoms with Crippen molar-refractivity contribution in [3.05, 3.63) is 0 Å². The molecule has 0 saturated heterocycles. The molecule has 0 bridgehead atoms. The van der Waals surface area contributed by atoms with E-state index >= 15 is 0 Å². The van der Waals surface area contributed by atoms with Crippen LogP contribution >= 0.6 is 11.9 Å². The van der Waals surface area contributed by atoms with Gasteiger partial charge in [-0.2, -0.15) is 0 Å². The number of ether oxygens (including phenoxy) is 1. The molecule has 1 fully saturated rings. The maximum absolute atomic E-state index is 10.9. The molecule has 94 valence electrons. The smallest absolute Gasteiger partial charge is 0.417 e. The molecule has 1 aliphatic carbocycles. The molecular formula is C11H22N2O2S. The van der Waals surface area contributed by atoms with E-state index in [1.165, 1.54) is 44.1 Å². The second-order valence-electron chi connectivity index (χ2n) is 4.07. The molecule has 0 unspecified atom stereocenters. The van der Waals surface area contributed by atoms with Gasteiger partial charge < -0.3 is 10.1 Å². The number of rotatable bonds is 6. The van der Waals surface area contributed by atoms with E-state index < -0.39 is 0 Å². The molecule has 0 aromatic rings. The van der Waals surface area contributed by atoms with Crippen molar-refractivity contribution < 1.29 is 9.53 Å². The van der Waals surface area contributed by atoms with E-state index in [9.17, 15) is 4.79 Å². The molecule has 0 radical (unpaired) electrons. The predicted molar refractivity (Wildman–Crippen MR) is 67.2 cm³/mol. The van der Waals surface area contributed by atoms with Gasteiger partial charge in [0, 0.05) is 0 Å². The summed E-state index contributed by atoms with van der Waals surface area (Å²) in [5.41, 5.74) is 0. The van der Waals surface area contributed by atoms with Gasteiger partial charge in [-0.1, -0.05) is 19.3 Å². The Morgan fingerprint density at radius 3 is 2.81 bits per heavy atom. The Kier molecular flexibility index (Phi) is 7.42. The lowest BCUT2D eigenvalue weighted by atomic mass is 9.89. The first kappa shape index (κ1) is 13.6. The highest BCUT2D eigenvalue weighted by molar-refractivity contribution is 7.97. The average molecular weight is 246 g/mol. The van der Waals surface area contributed by atoms with E-state index in [0.29, 0.717) is 6.61 Å². The van der Waals surface area contributed by atoms with Crippen LogP contribution in [-0.4, -0.2) is 25.1 Å². The molecule has 4 nitrogen and oxygen atoms in total. The number of nitrogens with one attached hydrogen (secondary N) is 2. The normalized spacial score (nSPS) is 17.1. The summed E-state index contributed by atoms with van der Waals surface area (Å²) in [4.78, 5) is 10.9.